The molecule has 0 radical (unpaired) electrons. The lowest BCUT2D eigenvalue weighted by Gasteiger charge is -2.10. The van der Waals surface area contributed by atoms with Gasteiger partial charge in [-0.3, -0.25) is 0 Å². The van der Waals surface area contributed by atoms with Crippen molar-refractivity contribution < 1.29 is 0 Å². The number of rotatable bonds is 5. The monoisotopic (exact) mass is 287 g/mol. The van der Waals surface area contributed by atoms with Gasteiger partial charge in [0.15, 0.2) is 0 Å². The lowest BCUT2D eigenvalue weighted by molar-refractivity contribution is 0.919. The van der Waals surface area contributed by atoms with Crippen molar-refractivity contribution in [3.63, 3.8) is 0 Å². The van der Waals surface area contributed by atoms with E-state index < -0.39 is 0 Å². The highest BCUT2D eigenvalue weighted by Crippen LogP contribution is 2.38. The minimum Gasteiger partial charge on any atom is -0.366 e. The van der Waals surface area contributed by atoms with Crippen molar-refractivity contribution in [2.45, 2.75) is 38.6 Å². The van der Waals surface area contributed by atoms with Gasteiger partial charge < -0.3 is 5.32 Å². The van der Waals surface area contributed by atoms with Crippen LogP contribution in [-0.4, -0.2) is 9.97 Å². The van der Waals surface area contributed by atoms with Gasteiger partial charge in [0.25, 0.3) is 0 Å². The lowest BCUT2D eigenvalue weighted by atomic mass is 10.1. The first-order valence-corrected chi connectivity index (χ1v) is 7.49. The predicted molar refractivity (Wildman–Crippen MR) is 82.2 cm³/mol. The van der Waals surface area contributed by atoms with Crippen LogP contribution < -0.4 is 5.32 Å². The van der Waals surface area contributed by atoms with E-state index >= 15 is 0 Å². The molecule has 0 saturated heterocycles. The molecule has 1 aromatic carbocycles. The van der Waals surface area contributed by atoms with Gasteiger partial charge in [-0.25, -0.2) is 9.97 Å². The first-order valence-electron chi connectivity index (χ1n) is 7.11. The molecular weight excluding hydrogens is 270 g/mol. The average molecular weight is 288 g/mol. The zero-order valence-corrected chi connectivity index (χ0v) is 12.3. The fraction of sp³-hybridized carbons (Fsp3) is 0.375. The van der Waals surface area contributed by atoms with E-state index in [0.717, 1.165) is 24.6 Å². The molecule has 1 aromatic heterocycles. The van der Waals surface area contributed by atoms with Gasteiger partial charge in [-0.1, -0.05) is 42.8 Å². The van der Waals surface area contributed by atoms with Crippen LogP contribution in [0.5, 0.6) is 0 Å². The third kappa shape index (κ3) is 3.10. The molecule has 1 fully saturated rings. The molecule has 1 N–H and O–H groups in total. The Bertz CT molecular complexity index is 608. The van der Waals surface area contributed by atoms with Crippen LogP contribution in [0.4, 0.5) is 5.82 Å². The van der Waals surface area contributed by atoms with E-state index in [-0.39, 0.29) is 0 Å². The van der Waals surface area contributed by atoms with Gasteiger partial charge in [-0.15, -0.1) is 0 Å². The van der Waals surface area contributed by atoms with Crippen LogP contribution in [-0.2, 0) is 13.0 Å². The molecule has 3 nitrogen and oxygen atoms in total. The molecule has 0 bridgehead atoms. The van der Waals surface area contributed by atoms with Gasteiger partial charge in [0.05, 0.1) is 0 Å². The number of hydrogen-bond donors (Lipinski definition) is 1. The molecule has 0 unspecified atom stereocenters. The summed E-state index contributed by atoms with van der Waals surface area (Å²) in [5, 5.41) is 3.89. The maximum Gasteiger partial charge on any atom is 0.135 e. The Kier molecular flexibility index (Phi) is 3.88. The number of halogens is 1. The van der Waals surface area contributed by atoms with Crippen LogP contribution in [0.3, 0.4) is 0 Å². The number of aryl methyl sites for hydroxylation is 1. The van der Waals surface area contributed by atoms with Crippen molar-refractivity contribution in [1.29, 1.82) is 0 Å². The Hall–Kier alpha value is -1.61. The van der Waals surface area contributed by atoms with Crippen molar-refractivity contribution in [3.8, 4) is 0 Å². The van der Waals surface area contributed by atoms with E-state index in [4.69, 9.17) is 11.6 Å². The molecular formula is C16H18ClN3. The number of benzene rings is 1. The quantitative estimate of drug-likeness (QED) is 0.838. The summed E-state index contributed by atoms with van der Waals surface area (Å²) in [7, 11) is 0. The molecule has 1 saturated carbocycles. The van der Waals surface area contributed by atoms with E-state index in [0.29, 0.717) is 11.1 Å². The summed E-state index contributed by atoms with van der Waals surface area (Å²) in [6.45, 7) is 2.94. The lowest BCUT2D eigenvalue weighted by Crippen LogP contribution is -2.06. The highest BCUT2D eigenvalue weighted by atomic mass is 35.5. The van der Waals surface area contributed by atoms with Crippen molar-refractivity contribution in [2.75, 3.05) is 5.32 Å². The highest BCUT2D eigenvalue weighted by Gasteiger charge is 2.27. The number of hydrogen-bond acceptors (Lipinski definition) is 3. The molecule has 20 heavy (non-hydrogen) atoms. The molecule has 3 rings (SSSR count). The molecule has 0 atom stereocenters. The third-order valence-corrected chi connectivity index (χ3v) is 3.81. The SMILES string of the molecule is CCc1ccccc1CNc1cc(Cl)nc(C2CC2)n1. The van der Waals surface area contributed by atoms with Gasteiger partial charge in [-0.05, 0) is 30.4 Å². The summed E-state index contributed by atoms with van der Waals surface area (Å²) >= 11 is 6.07. The van der Waals surface area contributed by atoms with Crippen LogP contribution in [0.2, 0.25) is 5.15 Å². The maximum absolute atomic E-state index is 6.07. The van der Waals surface area contributed by atoms with Gasteiger partial charge in [0.2, 0.25) is 0 Å². The van der Waals surface area contributed by atoms with Crippen molar-refractivity contribution in [2.24, 2.45) is 0 Å². The Labute approximate surface area is 124 Å². The molecule has 0 amide bonds. The number of aromatic nitrogens is 2. The molecule has 0 spiro atoms. The fourth-order valence-electron chi connectivity index (χ4n) is 2.31. The summed E-state index contributed by atoms with van der Waals surface area (Å²) in [5.74, 6) is 2.21. The Morgan fingerprint density at radius 2 is 1.95 bits per heavy atom. The van der Waals surface area contributed by atoms with Gasteiger partial charge >= 0.3 is 0 Å². The minimum absolute atomic E-state index is 0.511. The number of anilines is 1. The molecule has 104 valence electrons. The zero-order chi connectivity index (χ0) is 13.9. The fourth-order valence-corrected chi connectivity index (χ4v) is 2.50. The second-order valence-corrected chi connectivity index (χ2v) is 5.57. The third-order valence-electron chi connectivity index (χ3n) is 3.61. The summed E-state index contributed by atoms with van der Waals surface area (Å²) in [6, 6.07) is 10.3. The molecule has 1 aliphatic carbocycles. The molecule has 1 aliphatic rings. The van der Waals surface area contributed by atoms with E-state index in [9.17, 15) is 0 Å². The molecule has 4 heteroatoms. The standard InChI is InChI=1S/C16H18ClN3/c1-2-11-5-3-4-6-13(11)10-18-15-9-14(17)19-16(20-15)12-7-8-12/h3-6,9,12H,2,7-8,10H2,1H3,(H,18,19,20). The van der Waals surface area contributed by atoms with E-state index in [2.05, 4.69) is 46.5 Å². The predicted octanol–water partition coefficient (Wildman–Crippen LogP) is 4.18. The number of nitrogens with zero attached hydrogens (tertiary/aromatic N) is 2. The second kappa shape index (κ2) is 5.80. The van der Waals surface area contributed by atoms with E-state index in [1.165, 1.54) is 24.0 Å². The van der Waals surface area contributed by atoms with Crippen LogP contribution in [0, 0.1) is 0 Å². The molecule has 1 heterocycles. The Morgan fingerprint density at radius 3 is 2.65 bits per heavy atom. The first-order chi connectivity index (χ1) is 9.76. The van der Waals surface area contributed by atoms with Crippen molar-refractivity contribution in [1.82, 2.24) is 9.97 Å². The average Bonchev–Trinajstić information content (AvgIpc) is 3.29. The largest absolute Gasteiger partial charge is 0.366 e. The Morgan fingerprint density at radius 1 is 1.20 bits per heavy atom. The van der Waals surface area contributed by atoms with Crippen LogP contribution in [0.1, 0.15) is 42.6 Å². The van der Waals surface area contributed by atoms with E-state index in [1.54, 1.807) is 6.07 Å². The highest BCUT2D eigenvalue weighted by molar-refractivity contribution is 6.29. The summed E-state index contributed by atoms with van der Waals surface area (Å²) in [5.41, 5.74) is 2.67. The van der Waals surface area contributed by atoms with Crippen molar-refractivity contribution >= 4 is 17.4 Å². The summed E-state index contributed by atoms with van der Waals surface area (Å²) < 4.78 is 0. The maximum atomic E-state index is 6.07. The van der Waals surface area contributed by atoms with Crippen LogP contribution in [0.25, 0.3) is 0 Å². The zero-order valence-electron chi connectivity index (χ0n) is 11.6. The normalized spacial score (nSPS) is 14.3. The minimum atomic E-state index is 0.511. The first kappa shape index (κ1) is 13.4. The van der Waals surface area contributed by atoms with Crippen molar-refractivity contribution in [3.05, 3.63) is 52.4 Å². The smallest absolute Gasteiger partial charge is 0.135 e. The van der Waals surface area contributed by atoms with E-state index in [1.807, 2.05) is 0 Å². The summed E-state index contributed by atoms with van der Waals surface area (Å²) in [6.07, 6.45) is 3.40. The number of nitrogens with one attached hydrogen (secondary N) is 1. The second-order valence-electron chi connectivity index (χ2n) is 5.18. The summed E-state index contributed by atoms with van der Waals surface area (Å²) in [4.78, 5) is 8.86. The van der Waals surface area contributed by atoms with Gasteiger partial charge in [0.1, 0.15) is 16.8 Å². The molecule has 0 aliphatic heterocycles. The Balaban J connectivity index is 1.74. The van der Waals surface area contributed by atoms with Gasteiger partial charge in [-0.2, -0.15) is 0 Å². The van der Waals surface area contributed by atoms with Crippen LogP contribution in [0.15, 0.2) is 30.3 Å². The molecule has 2 aromatic rings. The topological polar surface area (TPSA) is 37.8 Å². The van der Waals surface area contributed by atoms with Crippen LogP contribution >= 0.6 is 11.6 Å². The van der Waals surface area contributed by atoms with Gasteiger partial charge in [0, 0.05) is 18.5 Å².